The van der Waals surface area contributed by atoms with E-state index in [4.69, 9.17) is 4.74 Å². The minimum absolute atomic E-state index is 0.371. The molecule has 110 valence electrons. The maximum Gasteiger partial charge on any atom is 0.123 e. The second-order valence-corrected chi connectivity index (χ2v) is 5.56. The molecule has 0 radical (unpaired) electrons. The number of allylic oxidation sites excluding steroid dienone is 1. The van der Waals surface area contributed by atoms with Gasteiger partial charge in [-0.1, -0.05) is 36.8 Å². The van der Waals surface area contributed by atoms with Crippen molar-refractivity contribution in [2.24, 2.45) is 0 Å². The molecule has 2 rings (SSSR count). The average Bonchev–Trinajstić information content (AvgIpc) is 2.52. The van der Waals surface area contributed by atoms with E-state index in [9.17, 15) is 0 Å². The molecule has 0 amide bonds. The van der Waals surface area contributed by atoms with Crippen molar-refractivity contribution in [3.63, 3.8) is 0 Å². The summed E-state index contributed by atoms with van der Waals surface area (Å²) in [6.07, 6.45) is 9.93. The third-order valence-electron chi connectivity index (χ3n) is 4.01. The van der Waals surface area contributed by atoms with E-state index in [0.717, 1.165) is 25.1 Å². The van der Waals surface area contributed by atoms with Crippen LogP contribution in [0.15, 0.2) is 35.9 Å². The van der Waals surface area contributed by atoms with Crippen molar-refractivity contribution < 1.29 is 4.74 Å². The van der Waals surface area contributed by atoms with Gasteiger partial charge in [0.2, 0.25) is 0 Å². The number of ether oxygens (including phenoxy) is 1. The smallest absolute Gasteiger partial charge is 0.123 e. The van der Waals surface area contributed by atoms with Crippen LogP contribution in [0.4, 0.5) is 0 Å². The largest absolute Gasteiger partial charge is 0.496 e. The van der Waals surface area contributed by atoms with Gasteiger partial charge in [-0.15, -0.1) is 0 Å². The van der Waals surface area contributed by atoms with Crippen molar-refractivity contribution in [2.45, 2.75) is 51.5 Å². The molecule has 2 heteroatoms. The summed E-state index contributed by atoms with van der Waals surface area (Å²) in [5.41, 5.74) is 2.89. The summed E-state index contributed by atoms with van der Waals surface area (Å²) in [5, 5.41) is 3.69. The first kappa shape index (κ1) is 15.1. The van der Waals surface area contributed by atoms with Crippen LogP contribution in [-0.2, 0) is 0 Å². The van der Waals surface area contributed by atoms with Gasteiger partial charge in [0.25, 0.3) is 0 Å². The van der Waals surface area contributed by atoms with Crippen LogP contribution in [0.5, 0.6) is 5.75 Å². The number of rotatable bonds is 7. The van der Waals surface area contributed by atoms with Crippen molar-refractivity contribution in [1.82, 2.24) is 5.32 Å². The Hall–Kier alpha value is -1.28. The third-order valence-corrected chi connectivity index (χ3v) is 4.01. The topological polar surface area (TPSA) is 21.3 Å². The van der Waals surface area contributed by atoms with E-state index in [0.29, 0.717) is 6.04 Å². The number of para-hydroxylation sites is 1. The molecule has 1 aromatic carbocycles. The van der Waals surface area contributed by atoms with Crippen LogP contribution in [0.2, 0.25) is 0 Å². The van der Waals surface area contributed by atoms with E-state index in [-0.39, 0.29) is 0 Å². The number of benzene rings is 1. The Morgan fingerprint density at radius 2 is 2.10 bits per heavy atom. The van der Waals surface area contributed by atoms with E-state index in [1.54, 1.807) is 12.7 Å². The van der Waals surface area contributed by atoms with Gasteiger partial charge in [0.15, 0.2) is 0 Å². The van der Waals surface area contributed by atoms with E-state index < -0.39 is 0 Å². The van der Waals surface area contributed by atoms with Gasteiger partial charge in [-0.25, -0.2) is 0 Å². The molecule has 1 unspecified atom stereocenters. The molecular weight excluding hydrogens is 246 g/mol. The quantitative estimate of drug-likeness (QED) is 0.732. The lowest BCUT2D eigenvalue weighted by molar-refractivity contribution is 0.397. The molecule has 1 N–H and O–H groups in total. The molecule has 2 nitrogen and oxygen atoms in total. The Labute approximate surface area is 123 Å². The van der Waals surface area contributed by atoms with Crippen molar-refractivity contribution in [2.75, 3.05) is 13.7 Å². The van der Waals surface area contributed by atoms with Crippen molar-refractivity contribution in [3.05, 3.63) is 41.5 Å². The van der Waals surface area contributed by atoms with Crippen LogP contribution < -0.4 is 10.1 Å². The third kappa shape index (κ3) is 4.11. The van der Waals surface area contributed by atoms with E-state index >= 15 is 0 Å². The molecule has 1 aliphatic carbocycles. The second kappa shape index (κ2) is 8.11. The molecule has 20 heavy (non-hydrogen) atoms. The van der Waals surface area contributed by atoms with Gasteiger partial charge in [-0.3, -0.25) is 0 Å². The summed E-state index contributed by atoms with van der Waals surface area (Å²) in [6, 6.07) is 8.77. The number of hydrogen-bond donors (Lipinski definition) is 1. The molecule has 0 fully saturated rings. The number of nitrogens with one attached hydrogen (secondary N) is 1. The Morgan fingerprint density at radius 1 is 1.25 bits per heavy atom. The van der Waals surface area contributed by atoms with Crippen LogP contribution in [0.1, 0.15) is 57.1 Å². The molecule has 1 atom stereocenters. The second-order valence-electron chi connectivity index (χ2n) is 5.56. The van der Waals surface area contributed by atoms with Crippen LogP contribution in [0.25, 0.3) is 0 Å². The number of methoxy groups -OCH3 is 1. The Bertz CT molecular complexity index is 439. The Morgan fingerprint density at radius 3 is 2.80 bits per heavy atom. The average molecular weight is 273 g/mol. The predicted molar refractivity (Wildman–Crippen MR) is 85.2 cm³/mol. The summed E-state index contributed by atoms with van der Waals surface area (Å²) >= 11 is 0. The maximum atomic E-state index is 5.54. The highest BCUT2D eigenvalue weighted by atomic mass is 16.5. The zero-order valence-corrected chi connectivity index (χ0v) is 12.8. The summed E-state index contributed by atoms with van der Waals surface area (Å²) < 4.78 is 5.54. The molecule has 1 aliphatic rings. The molecule has 1 aromatic rings. The minimum atomic E-state index is 0.371. The lowest BCUT2D eigenvalue weighted by Gasteiger charge is -2.24. The van der Waals surface area contributed by atoms with Crippen molar-refractivity contribution in [1.29, 1.82) is 0 Å². The maximum absolute atomic E-state index is 5.54. The van der Waals surface area contributed by atoms with Crippen molar-refractivity contribution in [3.8, 4) is 5.75 Å². The molecule has 0 heterocycles. The first-order chi connectivity index (χ1) is 9.85. The van der Waals surface area contributed by atoms with Gasteiger partial charge in [0.1, 0.15) is 5.75 Å². The Kier molecular flexibility index (Phi) is 6.13. The minimum Gasteiger partial charge on any atom is -0.496 e. The SMILES string of the molecule is CCCNC(CC1=CCCCC1)c1ccccc1OC. The lowest BCUT2D eigenvalue weighted by atomic mass is 9.91. The summed E-state index contributed by atoms with van der Waals surface area (Å²) in [4.78, 5) is 0. The Balaban J connectivity index is 2.15. The van der Waals surface area contributed by atoms with Crippen LogP contribution in [0.3, 0.4) is 0 Å². The van der Waals surface area contributed by atoms with E-state index in [2.05, 4.69) is 36.5 Å². The molecular formula is C18H27NO. The lowest BCUT2D eigenvalue weighted by Crippen LogP contribution is -2.23. The van der Waals surface area contributed by atoms with Gasteiger partial charge >= 0.3 is 0 Å². The highest BCUT2D eigenvalue weighted by Crippen LogP contribution is 2.32. The standard InChI is InChI=1S/C18H27NO/c1-3-13-19-17(14-15-9-5-4-6-10-15)16-11-7-8-12-18(16)20-2/h7-9,11-12,17,19H,3-6,10,13-14H2,1-2H3. The highest BCUT2D eigenvalue weighted by Gasteiger charge is 2.17. The summed E-state index contributed by atoms with van der Waals surface area (Å²) in [5.74, 6) is 0.998. The first-order valence-corrected chi connectivity index (χ1v) is 7.89. The van der Waals surface area contributed by atoms with Crippen LogP contribution in [0, 0.1) is 0 Å². The molecule has 0 saturated heterocycles. The highest BCUT2D eigenvalue weighted by molar-refractivity contribution is 5.36. The van der Waals surface area contributed by atoms with Crippen LogP contribution in [-0.4, -0.2) is 13.7 Å². The molecule has 0 bridgehead atoms. The first-order valence-electron chi connectivity index (χ1n) is 7.89. The monoisotopic (exact) mass is 273 g/mol. The van der Waals surface area contributed by atoms with Gasteiger partial charge in [0, 0.05) is 11.6 Å². The predicted octanol–water partition coefficient (Wildman–Crippen LogP) is 4.63. The van der Waals surface area contributed by atoms with Gasteiger partial charge in [-0.2, -0.15) is 0 Å². The van der Waals surface area contributed by atoms with Crippen molar-refractivity contribution >= 4 is 0 Å². The van der Waals surface area contributed by atoms with E-state index in [1.807, 2.05) is 6.07 Å². The number of hydrogen-bond acceptors (Lipinski definition) is 2. The summed E-state index contributed by atoms with van der Waals surface area (Å²) in [6.45, 7) is 3.27. The fourth-order valence-electron chi connectivity index (χ4n) is 2.92. The fourth-order valence-corrected chi connectivity index (χ4v) is 2.92. The molecule has 0 spiro atoms. The zero-order chi connectivity index (χ0) is 14.2. The zero-order valence-electron chi connectivity index (χ0n) is 12.8. The summed E-state index contributed by atoms with van der Waals surface area (Å²) in [7, 11) is 1.76. The normalized spacial score (nSPS) is 16.6. The fraction of sp³-hybridized carbons (Fsp3) is 0.556. The molecule has 0 saturated carbocycles. The molecule has 0 aromatic heterocycles. The molecule has 0 aliphatic heterocycles. The van der Waals surface area contributed by atoms with E-state index in [1.165, 1.54) is 31.2 Å². The van der Waals surface area contributed by atoms with Gasteiger partial charge in [0.05, 0.1) is 7.11 Å². The van der Waals surface area contributed by atoms with Crippen LogP contribution >= 0.6 is 0 Å². The van der Waals surface area contributed by atoms with Gasteiger partial charge < -0.3 is 10.1 Å². The van der Waals surface area contributed by atoms with Gasteiger partial charge in [-0.05, 0) is 51.1 Å².